The van der Waals surface area contributed by atoms with Gasteiger partial charge in [0.2, 0.25) is 0 Å². The van der Waals surface area contributed by atoms with Gasteiger partial charge in [0.05, 0.1) is 37.1 Å². The molecule has 0 saturated carbocycles. The summed E-state index contributed by atoms with van der Waals surface area (Å²) in [6.07, 6.45) is 0. The van der Waals surface area contributed by atoms with Crippen LogP contribution >= 0.6 is 15.9 Å². The zero-order valence-corrected chi connectivity index (χ0v) is 12.7. The number of nitrogens with zero attached hydrogens (tertiary/aromatic N) is 1. The van der Waals surface area contributed by atoms with Gasteiger partial charge >= 0.3 is 12.0 Å². The Kier molecular flexibility index (Phi) is 5.16. The fourth-order valence-electron chi connectivity index (χ4n) is 2.08. The number of carbonyl (C=O) groups excluding carboxylic acids is 1. The highest BCUT2D eigenvalue weighted by Crippen LogP contribution is 2.27. The van der Waals surface area contributed by atoms with Gasteiger partial charge in [0, 0.05) is 11.0 Å². The number of morpholine rings is 1. The van der Waals surface area contributed by atoms with Crippen molar-refractivity contribution in [1.82, 2.24) is 4.90 Å². The van der Waals surface area contributed by atoms with Gasteiger partial charge in [-0.15, -0.1) is 0 Å². The van der Waals surface area contributed by atoms with Crippen molar-refractivity contribution in [3.8, 4) is 0 Å². The average Bonchev–Trinajstić information content (AvgIpc) is 2.48. The second-order valence-electron chi connectivity index (χ2n) is 4.50. The molecule has 7 nitrogen and oxygen atoms in total. The van der Waals surface area contributed by atoms with Gasteiger partial charge in [-0.05, 0) is 28.1 Å². The Morgan fingerprint density at radius 2 is 2.24 bits per heavy atom. The van der Waals surface area contributed by atoms with Crippen LogP contribution < -0.4 is 5.32 Å². The van der Waals surface area contributed by atoms with Gasteiger partial charge in [0.1, 0.15) is 0 Å². The molecule has 1 atom stereocenters. The summed E-state index contributed by atoms with van der Waals surface area (Å²) < 4.78 is 5.68. The number of hydrogen-bond donors (Lipinski definition) is 3. The Morgan fingerprint density at radius 3 is 2.90 bits per heavy atom. The zero-order valence-electron chi connectivity index (χ0n) is 11.1. The lowest BCUT2D eigenvalue weighted by molar-refractivity contribution is -0.00485. The number of carbonyl (C=O) groups is 2. The van der Waals surface area contributed by atoms with E-state index in [9.17, 15) is 14.7 Å². The lowest BCUT2D eigenvalue weighted by Gasteiger charge is -2.34. The van der Waals surface area contributed by atoms with Crippen molar-refractivity contribution in [3.63, 3.8) is 0 Å². The molecule has 1 heterocycles. The van der Waals surface area contributed by atoms with Gasteiger partial charge in [-0.3, -0.25) is 0 Å². The minimum atomic E-state index is -1.13. The van der Waals surface area contributed by atoms with E-state index in [1.54, 1.807) is 12.1 Å². The molecule has 114 valence electrons. The predicted molar refractivity (Wildman–Crippen MR) is 78.5 cm³/mol. The number of aliphatic hydroxyl groups is 1. The average molecular weight is 359 g/mol. The van der Waals surface area contributed by atoms with E-state index in [0.717, 1.165) is 0 Å². The molecule has 8 heteroatoms. The van der Waals surface area contributed by atoms with E-state index in [2.05, 4.69) is 21.2 Å². The molecule has 0 bridgehead atoms. The Labute approximate surface area is 129 Å². The van der Waals surface area contributed by atoms with Crippen LogP contribution in [-0.2, 0) is 4.74 Å². The zero-order chi connectivity index (χ0) is 15.4. The summed E-state index contributed by atoms with van der Waals surface area (Å²) in [7, 11) is 0. The van der Waals surface area contributed by atoms with Gasteiger partial charge in [-0.25, -0.2) is 9.59 Å². The van der Waals surface area contributed by atoms with Crippen LogP contribution in [0.15, 0.2) is 22.7 Å². The maximum atomic E-state index is 12.3. The molecule has 2 rings (SSSR count). The van der Waals surface area contributed by atoms with Crippen LogP contribution in [0, 0.1) is 0 Å². The summed E-state index contributed by atoms with van der Waals surface area (Å²) in [5, 5.41) is 21.0. The number of aromatic carboxylic acids is 1. The molecule has 0 aliphatic carbocycles. The number of benzene rings is 1. The van der Waals surface area contributed by atoms with Crippen molar-refractivity contribution in [2.75, 3.05) is 31.7 Å². The lowest BCUT2D eigenvalue weighted by Crippen LogP contribution is -2.52. The summed E-state index contributed by atoms with van der Waals surface area (Å²) in [5.41, 5.74) is 0.185. The van der Waals surface area contributed by atoms with Crippen LogP contribution in [0.3, 0.4) is 0 Å². The molecule has 1 aromatic carbocycles. The molecule has 1 aliphatic heterocycles. The van der Waals surface area contributed by atoms with Crippen LogP contribution in [0.2, 0.25) is 0 Å². The number of amides is 2. The van der Waals surface area contributed by atoms with E-state index >= 15 is 0 Å². The third-order valence-electron chi connectivity index (χ3n) is 3.18. The molecule has 3 N–H and O–H groups in total. The number of halogens is 1. The van der Waals surface area contributed by atoms with Crippen LogP contribution in [-0.4, -0.2) is 59.5 Å². The van der Waals surface area contributed by atoms with E-state index in [4.69, 9.17) is 9.84 Å². The molecule has 1 aliphatic rings. The van der Waals surface area contributed by atoms with Gasteiger partial charge in [-0.1, -0.05) is 6.07 Å². The van der Waals surface area contributed by atoms with Crippen molar-refractivity contribution in [2.24, 2.45) is 0 Å². The Bertz CT molecular complexity index is 551. The number of carboxylic acids is 1. The molecule has 0 radical (unpaired) electrons. The molecule has 1 aromatic rings. The Balaban J connectivity index is 2.21. The first-order chi connectivity index (χ1) is 10.0. The van der Waals surface area contributed by atoms with E-state index in [0.29, 0.717) is 17.6 Å². The molecule has 2 amide bonds. The second-order valence-corrected chi connectivity index (χ2v) is 5.36. The number of hydrogen-bond acceptors (Lipinski definition) is 4. The SMILES string of the molecule is O=C(O)c1cccc(Br)c1NC(=O)N1CCOCC1CO. The lowest BCUT2D eigenvalue weighted by atomic mass is 10.2. The smallest absolute Gasteiger partial charge is 0.337 e. The maximum Gasteiger partial charge on any atom is 0.337 e. The number of para-hydroxylation sites is 1. The van der Waals surface area contributed by atoms with Crippen molar-refractivity contribution in [2.45, 2.75) is 6.04 Å². The third kappa shape index (κ3) is 3.52. The summed E-state index contributed by atoms with van der Waals surface area (Å²) in [6.45, 7) is 0.760. The van der Waals surface area contributed by atoms with Gasteiger partial charge in [0.25, 0.3) is 0 Å². The van der Waals surface area contributed by atoms with Crippen molar-refractivity contribution in [1.29, 1.82) is 0 Å². The normalized spacial score (nSPS) is 18.4. The van der Waals surface area contributed by atoms with Gasteiger partial charge in [0.15, 0.2) is 0 Å². The second kappa shape index (κ2) is 6.88. The molecular formula is C13H15BrN2O5. The topological polar surface area (TPSA) is 99.1 Å². The molecule has 1 fully saturated rings. The van der Waals surface area contributed by atoms with E-state index in [-0.39, 0.29) is 24.5 Å². The summed E-state index contributed by atoms with van der Waals surface area (Å²) in [5.74, 6) is -1.13. The highest BCUT2D eigenvalue weighted by molar-refractivity contribution is 9.10. The van der Waals surface area contributed by atoms with Crippen molar-refractivity contribution >= 4 is 33.6 Å². The minimum Gasteiger partial charge on any atom is -0.478 e. The number of aliphatic hydroxyl groups excluding tert-OH is 1. The number of urea groups is 1. The molecule has 1 saturated heterocycles. The molecule has 1 unspecified atom stereocenters. The molecular weight excluding hydrogens is 344 g/mol. The van der Waals surface area contributed by atoms with Crippen LogP contribution in [0.25, 0.3) is 0 Å². The monoisotopic (exact) mass is 358 g/mol. The summed E-state index contributed by atoms with van der Waals surface area (Å²) in [4.78, 5) is 24.9. The van der Waals surface area contributed by atoms with Crippen LogP contribution in [0.1, 0.15) is 10.4 Å². The molecule has 0 spiro atoms. The minimum absolute atomic E-state index is 0.00784. The number of nitrogens with one attached hydrogen (secondary N) is 1. The standard InChI is InChI=1S/C13H15BrN2O5/c14-10-3-1-2-9(12(18)19)11(10)15-13(20)16-4-5-21-7-8(16)6-17/h1-3,8,17H,4-7H2,(H,15,20)(H,18,19). The highest BCUT2D eigenvalue weighted by Gasteiger charge is 2.28. The Hall–Kier alpha value is -1.64. The quantitative estimate of drug-likeness (QED) is 0.757. The van der Waals surface area contributed by atoms with Crippen molar-refractivity contribution < 1.29 is 24.5 Å². The fourth-order valence-corrected chi connectivity index (χ4v) is 2.55. The van der Waals surface area contributed by atoms with Crippen LogP contribution in [0.4, 0.5) is 10.5 Å². The fraction of sp³-hybridized carbons (Fsp3) is 0.385. The van der Waals surface area contributed by atoms with Crippen molar-refractivity contribution in [3.05, 3.63) is 28.2 Å². The summed E-state index contributed by atoms with van der Waals surface area (Å²) in [6, 6.07) is 3.73. The Morgan fingerprint density at radius 1 is 1.48 bits per heavy atom. The first-order valence-electron chi connectivity index (χ1n) is 6.32. The maximum absolute atomic E-state index is 12.3. The van der Waals surface area contributed by atoms with E-state index in [1.165, 1.54) is 11.0 Å². The van der Waals surface area contributed by atoms with Gasteiger partial charge in [-0.2, -0.15) is 0 Å². The number of rotatable bonds is 3. The first kappa shape index (κ1) is 15.7. The van der Waals surface area contributed by atoms with E-state index < -0.39 is 18.0 Å². The molecule has 21 heavy (non-hydrogen) atoms. The third-order valence-corrected chi connectivity index (χ3v) is 3.84. The van der Waals surface area contributed by atoms with E-state index in [1.807, 2.05) is 0 Å². The van der Waals surface area contributed by atoms with Crippen LogP contribution in [0.5, 0.6) is 0 Å². The number of ether oxygens (including phenoxy) is 1. The summed E-state index contributed by atoms with van der Waals surface area (Å²) >= 11 is 3.23. The predicted octanol–water partition coefficient (Wildman–Crippen LogP) is 1.37. The first-order valence-corrected chi connectivity index (χ1v) is 7.12. The highest BCUT2D eigenvalue weighted by atomic mass is 79.9. The largest absolute Gasteiger partial charge is 0.478 e. The number of carboxylic acid groups (broad SMARTS) is 1. The molecule has 0 aromatic heterocycles. The van der Waals surface area contributed by atoms with Gasteiger partial charge < -0.3 is 25.2 Å². The number of anilines is 1.